The van der Waals surface area contributed by atoms with Gasteiger partial charge in [-0.2, -0.15) is 13.2 Å². The quantitative estimate of drug-likeness (QED) is 0.802. The lowest BCUT2D eigenvalue weighted by Gasteiger charge is -2.20. The van der Waals surface area contributed by atoms with Crippen LogP contribution < -0.4 is 4.74 Å². The molecule has 0 saturated heterocycles. The maximum absolute atomic E-state index is 12.3. The predicted molar refractivity (Wildman–Crippen MR) is 74.6 cm³/mol. The second kappa shape index (κ2) is 7.33. The van der Waals surface area contributed by atoms with Crippen molar-refractivity contribution >= 4 is 5.91 Å². The number of benzene rings is 1. The van der Waals surface area contributed by atoms with Crippen LogP contribution in [0.1, 0.15) is 36.7 Å². The molecular weight excluding hydrogens is 283 g/mol. The molecule has 0 bridgehead atoms. The summed E-state index contributed by atoms with van der Waals surface area (Å²) in [5.41, 5.74) is 0.989. The number of ether oxygens (including phenoxy) is 1. The standard InChI is InChI=1S/C15H20F3NO2/c1-4-11-7-8-12(14(20)19(5-2)6-3)9-13(11)21-10-15(16,17)18/h7-9H,4-6,10H2,1-3H3. The summed E-state index contributed by atoms with van der Waals surface area (Å²) in [6.45, 7) is 5.25. The Labute approximate surface area is 122 Å². The number of aryl methyl sites for hydroxylation is 1. The molecule has 0 aliphatic heterocycles. The van der Waals surface area contributed by atoms with E-state index in [4.69, 9.17) is 4.74 Å². The molecule has 0 fully saturated rings. The normalized spacial score (nSPS) is 11.3. The molecule has 0 radical (unpaired) electrons. The van der Waals surface area contributed by atoms with Crippen molar-refractivity contribution in [1.29, 1.82) is 0 Å². The van der Waals surface area contributed by atoms with E-state index >= 15 is 0 Å². The largest absolute Gasteiger partial charge is 0.484 e. The van der Waals surface area contributed by atoms with Crippen molar-refractivity contribution in [2.24, 2.45) is 0 Å². The number of rotatable bonds is 6. The van der Waals surface area contributed by atoms with Crippen molar-refractivity contribution in [3.8, 4) is 5.75 Å². The number of amides is 1. The van der Waals surface area contributed by atoms with Crippen molar-refractivity contribution in [2.75, 3.05) is 19.7 Å². The van der Waals surface area contributed by atoms with E-state index in [2.05, 4.69) is 0 Å². The summed E-state index contributed by atoms with van der Waals surface area (Å²) in [6.07, 6.45) is -3.86. The van der Waals surface area contributed by atoms with Crippen molar-refractivity contribution in [1.82, 2.24) is 4.90 Å². The third-order valence-electron chi connectivity index (χ3n) is 3.14. The Morgan fingerprint density at radius 2 is 1.81 bits per heavy atom. The van der Waals surface area contributed by atoms with Crippen molar-refractivity contribution < 1.29 is 22.7 Å². The monoisotopic (exact) mass is 303 g/mol. The summed E-state index contributed by atoms with van der Waals surface area (Å²) >= 11 is 0. The molecule has 0 N–H and O–H groups in total. The second-order valence-electron chi connectivity index (χ2n) is 4.56. The molecule has 21 heavy (non-hydrogen) atoms. The lowest BCUT2D eigenvalue weighted by Crippen LogP contribution is -2.30. The Kier molecular flexibility index (Phi) is 6.05. The Balaban J connectivity index is 3.01. The first kappa shape index (κ1) is 17.3. The van der Waals surface area contributed by atoms with Gasteiger partial charge in [-0.3, -0.25) is 4.79 Å². The molecular formula is C15H20F3NO2. The van der Waals surface area contributed by atoms with Gasteiger partial charge >= 0.3 is 6.18 Å². The van der Waals surface area contributed by atoms with Crippen molar-refractivity contribution in [3.05, 3.63) is 29.3 Å². The number of alkyl halides is 3. The number of hydrogen-bond donors (Lipinski definition) is 0. The first-order chi connectivity index (χ1) is 9.82. The number of nitrogens with zero attached hydrogens (tertiary/aromatic N) is 1. The summed E-state index contributed by atoms with van der Waals surface area (Å²) in [4.78, 5) is 13.8. The molecule has 3 nitrogen and oxygen atoms in total. The molecule has 0 atom stereocenters. The fraction of sp³-hybridized carbons (Fsp3) is 0.533. The lowest BCUT2D eigenvalue weighted by molar-refractivity contribution is -0.153. The van der Waals surface area contributed by atoms with Gasteiger partial charge in [-0.1, -0.05) is 13.0 Å². The number of halogens is 3. The van der Waals surface area contributed by atoms with E-state index < -0.39 is 12.8 Å². The first-order valence-corrected chi connectivity index (χ1v) is 6.94. The van der Waals surface area contributed by atoms with Crippen LogP contribution in [0.5, 0.6) is 5.75 Å². The summed E-state index contributed by atoms with van der Waals surface area (Å²) in [7, 11) is 0. The van der Waals surface area contributed by atoms with E-state index in [9.17, 15) is 18.0 Å². The maximum atomic E-state index is 12.3. The fourth-order valence-electron chi connectivity index (χ4n) is 1.97. The van der Waals surface area contributed by atoms with Gasteiger partial charge in [0.25, 0.3) is 5.91 Å². The molecule has 6 heteroatoms. The minimum Gasteiger partial charge on any atom is -0.484 e. The number of carbonyl (C=O) groups excluding carboxylic acids is 1. The van der Waals surface area contributed by atoms with Gasteiger partial charge in [0.2, 0.25) is 0 Å². The van der Waals surface area contributed by atoms with E-state index in [0.717, 1.165) is 0 Å². The molecule has 0 unspecified atom stereocenters. The highest BCUT2D eigenvalue weighted by Gasteiger charge is 2.29. The van der Waals surface area contributed by atoms with E-state index in [1.165, 1.54) is 6.07 Å². The maximum Gasteiger partial charge on any atom is 0.422 e. The fourth-order valence-corrected chi connectivity index (χ4v) is 1.97. The zero-order chi connectivity index (χ0) is 16.0. The second-order valence-corrected chi connectivity index (χ2v) is 4.56. The molecule has 0 aromatic heterocycles. The van der Waals surface area contributed by atoms with Gasteiger partial charge < -0.3 is 9.64 Å². The minimum atomic E-state index is -4.40. The highest BCUT2D eigenvalue weighted by Crippen LogP contribution is 2.25. The van der Waals surface area contributed by atoms with Crippen LogP contribution in [-0.4, -0.2) is 36.7 Å². The van der Waals surface area contributed by atoms with E-state index in [-0.39, 0.29) is 11.7 Å². The highest BCUT2D eigenvalue weighted by atomic mass is 19.4. The molecule has 1 aromatic rings. The van der Waals surface area contributed by atoms with Crippen LogP contribution in [0.25, 0.3) is 0 Å². The molecule has 118 valence electrons. The summed E-state index contributed by atoms with van der Waals surface area (Å²) < 4.78 is 41.7. The molecule has 1 aromatic carbocycles. The Hall–Kier alpha value is -1.72. The molecule has 1 amide bonds. The summed E-state index contributed by atoms with van der Waals surface area (Å²) in [5.74, 6) is -0.0904. The van der Waals surface area contributed by atoms with Crippen LogP contribution >= 0.6 is 0 Å². The van der Waals surface area contributed by atoms with Crippen LogP contribution in [0.3, 0.4) is 0 Å². The highest BCUT2D eigenvalue weighted by molar-refractivity contribution is 5.94. The molecule has 1 rings (SSSR count). The van der Waals surface area contributed by atoms with Gasteiger partial charge in [0, 0.05) is 18.7 Å². The van der Waals surface area contributed by atoms with Gasteiger partial charge in [0.05, 0.1) is 0 Å². The average Bonchev–Trinajstić information content (AvgIpc) is 2.45. The Morgan fingerprint density at radius 1 is 1.19 bits per heavy atom. The number of carbonyl (C=O) groups is 1. The van der Waals surface area contributed by atoms with Crippen LogP contribution in [0.4, 0.5) is 13.2 Å². The van der Waals surface area contributed by atoms with E-state index in [1.54, 1.807) is 17.0 Å². The zero-order valence-electron chi connectivity index (χ0n) is 12.5. The van der Waals surface area contributed by atoms with Crippen LogP contribution in [-0.2, 0) is 6.42 Å². The summed E-state index contributed by atoms with van der Waals surface area (Å²) in [5, 5.41) is 0. The van der Waals surface area contributed by atoms with Gasteiger partial charge in [-0.05, 0) is 38.0 Å². The predicted octanol–water partition coefficient (Wildman–Crippen LogP) is 3.67. The molecule has 0 spiro atoms. The minimum absolute atomic E-state index is 0.118. The van der Waals surface area contributed by atoms with E-state index in [1.807, 2.05) is 20.8 Å². The average molecular weight is 303 g/mol. The Bertz CT molecular complexity index is 482. The Morgan fingerprint density at radius 3 is 2.29 bits per heavy atom. The zero-order valence-corrected chi connectivity index (χ0v) is 12.5. The third kappa shape index (κ3) is 4.95. The first-order valence-electron chi connectivity index (χ1n) is 6.94. The molecule has 0 aliphatic carbocycles. The molecule has 0 saturated carbocycles. The van der Waals surface area contributed by atoms with E-state index in [0.29, 0.717) is 30.6 Å². The third-order valence-corrected chi connectivity index (χ3v) is 3.14. The summed E-state index contributed by atoms with van der Waals surface area (Å²) in [6, 6.07) is 4.66. The molecule has 0 heterocycles. The topological polar surface area (TPSA) is 29.5 Å². The molecule has 0 aliphatic rings. The number of hydrogen-bond acceptors (Lipinski definition) is 2. The van der Waals surface area contributed by atoms with Crippen LogP contribution in [0, 0.1) is 0 Å². The smallest absolute Gasteiger partial charge is 0.422 e. The van der Waals surface area contributed by atoms with Gasteiger partial charge in [-0.15, -0.1) is 0 Å². The van der Waals surface area contributed by atoms with Crippen molar-refractivity contribution in [2.45, 2.75) is 33.4 Å². The van der Waals surface area contributed by atoms with Gasteiger partial charge in [-0.25, -0.2) is 0 Å². The SMILES string of the molecule is CCc1ccc(C(=O)N(CC)CC)cc1OCC(F)(F)F. The van der Waals surface area contributed by atoms with Gasteiger partial charge in [0.1, 0.15) is 5.75 Å². The van der Waals surface area contributed by atoms with Crippen LogP contribution in [0.15, 0.2) is 18.2 Å². The lowest BCUT2D eigenvalue weighted by atomic mass is 10.1. The van der Waals surface area contributed by atoms with Crippen LogP contribution in [0.2, 0.25) is 0 Å². The van der Waals surface area contributed by atoms with Gasteiger partial charge in [0.15, 0.2) is 6.61 Å². The van der Waals surface area contributed by atoms with Crippen molar-refractivity contribution in [3.63, 3.8) is 0 Å².